The van der Waals surface area contributed by atoms with E-state index in [1.54, 1.807) is 0 Å². The van der Waals surface area contributed by atoms with E-state index >= 15 is 0 Å². The topological polar surface area (TPSA) is 50.4 Å². The molecule has 0 radical (unpaired) electrons. The second-order valence-electron chi connectivity index (χ2n) is 5.02. The van der Waals surface area contributed by atoms with Gasteiger partial charge in [0.25, 0.3) is 0 Å². The number of para-hydroxylation sites is 1. The van der Waals surface area contributed by atoms with Crippen molar-refractivity contribution in [3.05, 3.63) is 29.8 Å². The van der Waals surface area contributed by atoms with E-state index in [2.05, 4.69) is 24.5 Å². The predicted molar refractivity (Wildman–Crippen MR) is 75.3 cm³/mol. The van der Waals surface area contributed by atoms with Gasteiger partial charge in [-0.25, -0.2) is 0 Å². The van der Waals surface area contributed by atoms with Gasteiger partial charge in [-0.2, -0.15) is 0 Å². The number of rotatable bonds is 5. The highest BCUT2D eigenvalue weighted by Crippen LogP contribution is 2.26. The normalized spacial score (nSPS) is 19.2. The predicted octanol–water partition coefficient (Wildman–Crippen LogP) is 1.35. The van der Waals surface area contributed by atoms with Crippen LogP contribution in [-0.4, -0.2) is 31.6 Å². The van der Waals surface area contributed by atoms with Gasteiger partial charge >= 0.3 is 0 Å². The van der Waals surface area contributed by atoms with Crippen molar-refractivity contribution in [3.8, 4) is 5.75 Å². The van der Waals surface area contributed by atoms with Gasteiger partial charge in [0.15, 0.2) is 0 Å². The van der Waals surface area contributed by atoms with E-state index in [9.17, 15) is 4.79 Å². The van der Waals surface area contributed by atoms with Crippen LogP contribution in [0.2, 0.25) is 0 Å². The number of fused-ring (bicyclic) bond motifs is 1. The zero-order valence-electron chi connectivity index (χ0n) is 11.6. The van der Waals surface area contributed by atoms with E-state index < -0.39 is 0 Å². The highest BCUT2D eigenvalue weighted by molar-refractivity contribution is 5.79. The van der Waals surface area contributed by atoms with Crippen LogP contribution in [0.25, 0.3) is 0 Å². The van der Waals surface area contributed by atoms with Crippen LogP contribution in [-0.2, 0) is 11.2 Å². The first-order chi connectivity index (χ1) is 9.20. The SMILES string of the molecule is CCN[C@H](C)CNC(=O)C1COc2ccccc2C1. The maximum absolute atomic E-state index is 12.1. The van der Waals surface area contributed by atoms with Crippen molar-refractivity contribution in [2.75, 3.05) is 19.7 Å². The fraction of sp³-hybridized carbons (Fsp3) is 0.533. The van der Waals surface area contributed by atoms with Crippen LogP contribution in [0.1, 0.15) is 19.4 Å². The molecule has 0 spiro atoms. The van der Waals surface area contributed by atoms with Crippen molar-refractivity contribution in [2.24, 2.45) is 5.92 Å². The Balaban J connectivity index is 1.85. The van der Waals surface area contributed by atoms with Gasteiger partial charge < -0.3 is 15.4 Å². The van der Waals surface area contributed by atoms with Crippen molar-refractivity contribution in [1.29, 1.82) is 0 Å². The Labute approximate surface area is 114 Å². The summed E-state index contributed by atoms with van der Waals surface area (Å²) in [6, 6.07) is 8.21. The minimum atomic E-state index is -0.0799. The Morgan fingerprint density at radius 1 is 1.47 bits per heavy atom. The van der Waals surface area contributed by atoms with Crippen LogP contribution in [0, 0.1) is 5.92 Å². The van der Waals surface area contributed by atoms with Crippen LogP contribution in [0.15, 0.2) is 24.3 Å². The molecule has 1 unspecified atom stereocenters. The van der Waals surface area contributed by atoms with Crippen LogP contribution in [0.3, 0.4) is 0 Å². The summed E-state index contributed by atoms with van der Waals surface area (Å²) < 4.78 is 5.64. The Hall–Kier alpha value is -1.55. The number of amides is 1. The molecule has 19 heavy (non-hydrogen) atoms. The Kier molecular flexibility index (Phi) is 4.80. The van der Waals surface area contributed by atoms with Gasteiger partial charge in [-0.15, -0.1) is 0 Å². The first kappa shape index (κ1) is 13.9. The molecule has 2 rings (SSSR count). The maximum atomic E-state index is 12.1. The smallest absolute Gasteiger partial charge is 0.226 e. The lowest BCUT2D eigenvalue weighted by atomic mass is 9.96. The summed E-state index contributed by atoms with van der Waals surface area (Å²) in [4.78, 5) is 12.1. The summed E-state index contributed by atoms with van der Waals surface area (Å²) in [7, 11) is 0. The molecule has 0 saturated carbocycles. The van der Waals surface area contributed by atoms with E-state index in [1.165, 1.54) is 0 Å². The fourth-order valence-corrected chi connectivity index (χ4v) is 2.32. The van der Waals surface area contributed by atoms with Crippen molar-refractivity contribution >= 4 is 5.91 Å². The number of ether oxygens (including phenoxy) is 1. The van der Waals surface area contributed by atoms with Gasteiger partial charge in [-0.3, -0.25) is 4.79 Å². The number of carbonyl (C=O) groups excluding carboxylic acids is 1. The summed E-state index contributed by atoms with van der Waals surface area (Å²) >= 11 is 0. The zero-order valence-corrected chi connectivity index (χ0v) is 11.6. The monoisotopic (exact) mass is 262 g/mol. The fourth-order valence-electron chi connectivity index (χ4n) is 2.32. The lowest BCUT2D eigenvalue weighted by Gasteiger charge is -2.25. The largest absolute Gasteiger partial charge is 0.492 e. The summed E-state index contributed by atoms with van der Waals surface area (Å²) in [6.07, 6.45) is 0.762. The summed E-state index contributed by atoms with van der Waals surface area (Å²) in [5.41, 5.74) is 1.12. The number of benzene rings is 1. The molecule has 1 aliphatic heterocycles. The minimum absolute atomic E-state index is 0.0799. The van der Waals surface area contributed by atoms with Crippen LogP contribution < -0.4 is 15.4 Å². The molecule has 1 aromatic rings. The first-order valence-electron chi connectivity index (χ1n) is 6.92. The molecule has 104 valence electrons. The molecule has 1 aliphatic rings. The molecular weight excluding hydrogens is 240 g/mol. The number of nitrogens with one attached hydrogen (secondary N) is 2. The summed E-state index contributed by atoms with van der Waals surface area (Å²) in [5, 5.41) is 6.26. The Morgan fingerprint density at radius 2 is 2.26 bits per heavy atom. The number of hydrogen-bond donors (Lipinski definition) is 2. The van der Waals surface area contributed by atoms with E-state index in [0.29, 0.717) is 19.2 Å². The molecular formula is C15H22N2O2. The van der Waals surface area contributed by atoms with Gasteiger partial charge in [0, 0.05) is 12.6 Å². The van der Waals surface area contributed by atoms with Gasteiger partial charge in [-0.1, -0.05) is 25.1 Å². The van der Waals surface area contributed by atoms with Crippen molar-refractivity contribution in [1.82, 2.24) is 10.6 Å². The molecule has 2 N–H and O–H groups in total. The molecule has 1 heterocycles. The van der Waals surface area contributed by atoms with Crippen LogP contribution in [0.5, 0.6) is 5.75 Å². The summed E-state index contributed by atoms with van der Waals surface area (Å²) in [5.74, 6) is 0.913. The third kappa shape index (κ3) is 3.70. The molecule has 4 nitrogen and oxygen atoms in total. The summed E-state index contributed by atoms with van der Waals surface area (Å²) in [6.45, 7) is 6.17. The Morgan fingerprint density at radius 3 is 3.05 bits per heavy atom. The van der Waals surface area contributed by atoms with E-state index in [-0.39, 0.29) is 11.8 Å². The standard InChI is InChI=1S/C15H22N2O2/c1-3-16-11(2)9-17-15(18)13-8-12-6-4-5-7-14(12)19-10-13/h4-7,11,13,16H,3,8-10H2,1-2H3,(H,17,18)/t11-,13?/m1/s1. The van der Waals surface area contributed by atoms with Crippen molar-refractivity contribution in [2.45, 2.75) is 26.3 Å². The molecule has 4 heteroatoms. The zero-order chi connectivity index (χ0) is 13.7. The highest BCUT2D eigenvalue weighted by Gasteiger charge is 2.25. The third-order valence-corrected chi connectivity index (χ3v) is 3.38. The van der Waals surface area contributed by atoms with E-state index in [0.717, 1.165) is 24.3 Å². The molecule has 2 atom stereocenters. The molecule has 1 amide bonds. The van der Waals surface area contributed by atoms with Gasteiger partial charge in [0.05, 0.1) is 5.92 Å². The van der Waals surface area contributed by atoms with Gasteiger partial charge in [0.2, 0.25) is 5.91 Å². The molecule has 0 bridgehead atoms. The molecule has 1 aromatic carbocycles. The molecule has 0 aromatic heterocycles. The molecule has 0 aliphatic carbocycles. The maximum Gasteiger partial charge on any atom is 0.226 e. The lowest BCUT2D eigenvalue weighted by Crippen LogP contribution is -2.43. The number of hydrogen-bond acceptors (Lipinski definition) is 3. The second kappa shape index (κ2) is 6.57. The lowest BCUT2D eigenvalue weighted by molar-refractivity contribution is -0.126. The van der Waals surface area contributed by atoms with Crippen LogP contribution >= 0.6 is 0 Å². The van der Waals surface area contributed by atoms with E-state index in [1.807, 2.05) is 24.3 Å². The average Bonchev–Trinajstić information content (AvgIpc) is 2.44. The Bertz CT molecular complexity index is 434. The first-order valence-corrected chi connectivity index (χ1v) is 6.92. The third-order valence-electron chi connectivity index (χ3n) is 3.38. The van der Waals surface area contributed by atoms with Crippen LogP contribution in [0.4, 0.5) is 0 Å². The average molecular weight is 262 g/mol. The van der Waals surface area contributed by atoms with E-state index in [4.69, 9.17) is 4.74 Å². The molecule has 0 saturated heterocycles. The van der Waals surface area contributed by atoms with Crippen molar-refractivity contribution < 1.29 is 9.53 Å². The number of carbonyl (C=O) groups is 1. The quantitative estimate of drug-likeness (QED) is 0.842. The minimum Gasteiger partial charge on any atom is -0.492 e. The van der Waals surface area contributed by atoms with Gasteiger partial charge in [-0.05, 0) is 31.5 Å². The highest BCUT2D eigenvalue weighted by atomic mass is 16.5. The van der Waals surface area contributed by atoms with Crippen molar-refractivity contribution in [3.63, 3.8) is 0 Å². The van der Waals surface area contributed by atoms with Gasteiger partial charge in [0.1, 0.15) is 12.4 Å². The second-order valence-corrected chi connectivity index (χ2v) is 5.02. The molecule has 0 fully saturated rings. The number of likely N-dealkylation sites (N-methyl/N-ethyl adjacent to an activating group) is 1.